The maximum Gasteiger partial charge on any atom is 0.242 e. The molecule has 1 heterocycles. The summed E-state index contributed by atoms with van der Waals surface area (Å²) in [5, 5.41) is 7.15. The van der Waals surface area contributed by atoms with E-state index in [1.807, 2.05) is 43.3 Å². The molecule has 2 aromatic carbocycles. The minimum Gasteiger partial charge on any atom is -0.273 e. The van der Waals surface area contributed by atoms with E-state index in [-0.39, 0.29) is 11.9 Å². The minimum atomic E-state index is -0.0758. The third kappa shape index (κ3) is 3.26. The van der Waals surface area contributed by atoms with Crippen molar-refractivity contribution in [2.75, 3.05) is 0 Å². The molecule has 2 aromatic rings. The standard InChI is InChI=1S/C18H16Cl2N2O/c1-2-18(23)22-17(12-6-4-3-5-7-12)11-16(21-22)13-8-9-14(19)15(20)10-13/h3-10,17H,2,11H2,1H3/t17-/m1/s1. The second-order valence-corrected chi connectivity index (χ2v) is 6.21. The lowest BCUT2D eigenvalue weighted by atomic mass is 9.98. The monoisotopic (exact) mass is 346 g/mol. The quantitative estimate of drug-likeness (QED) is 0.762. The van der Waals surface area contributed by atoms with Gasteiger partial charge in [0.15, 0.2) is 0 Å². The van der Waals surface area contributed by atoms with E-state index in [1.54, 1.807) is 17.1 Å². The summed E-state index contributed by atoms with van der Waals surface area (Å²) >= 11 is 12.1. The average molecular weight is 347 g/mol. The van der Waals surface area contributed by atoms with Crippen molar-refractivity contribution in [3.63, 3.8) is 0 Å². The summed E-state index contributed by atoms with van der Waals surface area (Å²) in [4.78, 5) is 12.3. The molecule has 0 N–H and O–H groups in total. The first kappa shape index (κ1) is 16.0. The number of hydrazone groups is 1. The molecule has 0 fully saturated rings. The van der Waals surface area contributed by atoms with Gasteiger partial charge in [-0.3, -0.25) is 4.79 Å². The Morgan fingerprint density at radius 3 is 2.57 bits per heavy atom. The van der Waals surface area contributed by atoms with Gasteiger partial charge in [-0.2, -0.15) is 5.10 Å². The Hall–Kier alpha value is -1.84. The number of benzene rings is 2. The van der Waals surface area contributed by atoms with Gasteiger partial charge >= 0.3 is 0 Å². The van der Waals surface area contributed by atoms with E-state index < -0.39 is 0 Å². The van der Waals surface area contributed by atoms with Crippen molar-refractivity contribution in [2.45, 2.75) is 25.8 Å². The summed E-state index contributed by atoms with van der Waals surface area (Å²) in [6.45, 7) is 1.84. The minimum absolute atomic E-state index is 0.00825. The zero-order valence-corrected chi connectivity index (χ0v) is 14.2. The zero-order valence-electron chi connectivity index (χ0n) is 12.7. The normalized spacial score (nSPS) is 17.3. The van der Waals surface area contributed by atoms with Gasteiger partial charge in [-0.1, -0.05) is 66.5 Å². The SMILES string of the molecule is CCC(=O)N1N=C(c2ccc(Cl)c(Cl)c2)C[C@@H]1c1ccccc1. The lowest BCUT2D eigenvalue weighted by Crippen LogP contribution is -2.26. The molecule has 0 bridgehead atoms. The van der Waals surface area contributed by atoms with Gasteiger partial charge in [0.05, 0.1) is 21.8 Å². The van der Waals surface area contributed by atoms with E-state index in [0.717, 1.165) is 16.8 Å². The van der Waals surface area contributed by atoms with Crippen LogP contribution in [0.4, 0.5) is 0 Å². The number of amides is 1. The fourth-order valence-corrected chi connectivity index (χ4v) is 2.99. The molecule has 118 valence electrons. The molecule has 0 saturated carbocycles. The highest BCUT2D eigenvalue weighted by Crippen LogP contribution is 2.34. The summed E-state index contributed by atoms with van der Waals surface area (Å²) in [5.41, 5.74) is 2.82. The highest BCUT2D eigenvalue weighted by atomic mass is 35.5. The van der Waals surface area contributed by atoms with Crippen LogP contribution in [0, 0.1) is 0 Å². The molecule has 0 aromatic heterocycles. The molecule has 1 atom stereocenters. The van der Waals surface area contributed by atoms with Gasteiger partial charge in [-0.25, -0.2) is 5.01 Å². The fourth-order valence-electron chi connectivity index (χ4n) is 2.69. The summed E-state index contributed by atoms with van der Waals surface area (Å²) in [7, 11) is 0. The second kappa shape index (κ2) is 6.73. The average Bonchev–Trinajstić information content (AvgIpc) is 3.03. The molecule has 1 aliphatic rings. The number of hydrogen-bond donors (Lipinski definition) is 0. The number of nitrogens with zero attached hydrogens (tertiary/aromatic N) is 2. The zero-order chi connectivity index (χ0) is 16.4. The summed E-state index contributed by atoms with van der Waals surface area (Å²) < 4.78 is 0. The van der Waals surface area contributed by atoms with Gasteiger partial charge in [0.1, 0.15) is 0 Å². The van der Waals surface area contributed by atoms with Crippen molar-refractivity contribution in [3.05, 3.63) is 69.7 Å². The van der Waals surface area contributed by atoms with Crippen LogP contribution in [-0.2, 0) is 4.79 Å². The number of carbonyl (C=O) groups excluding carboxylic acids is 1. The molecular formula is C18H16Cl2N2O. The first-order chi connectivity index (χ1) is 11.1. The molecular weight excluding hydrogens is 331 g/mol. The Morgan fingerprint density at radius 2 is 1.91 bits per heavy atom. The number of carbonyl (C=O) groups is 1. The highest BCUT2D eigenvalue weighted by molar-refractivity contribution is 6.42. The van der Waals surface area contributed by atoms with Crippen LogP contribution < -0.4 is 0 Å². The molecule has 0 radical (unpaired) electrons. The van der Waals surface area contributed by atoms with Gasteiger partial charge in [-0.05, 0) is 23.3 Å². The van der Waals surface area contributed by atoms with E-state index in [2.05, 4.69) is 5.10 Å². The molecule has 3 nitrogen and oxygen atoms in total. The summed E-state index contributed by atoms with van der Waals surface area (Å²) in [6, 6.07) is 15.3. The largest absolute Gasteiger partial charge is 0.273 e. The molecule has 0 spiro atoms. The van der Waals surface area contributed by atoms with E-state index in [4.69, 9.17) is 23.2 Å². The van der Waals surface area contributed by atoms with Crippen molar-refractivity contribution in [1.82, 2.24) is 5.01 Å². The fraction of sp³-hybridized carbons (Fsp3) is 0.222. The van der Waals surface area contributed by atoms with Crippen molar-refractivity contribution in [1.29, 1.82) is 0 Å². The predicted molar refractivity (Wildman–Crippen MR) is 93.9 cm³/mol. The van der Waals surface area contributed by atoms with Crippen LogP contribution in [0.1, 0.15) is 36.9 Å². The Kier molecular flexibility index (Phi) is 4.69. The van der Waals surface area contributed by atoms with Crippen molar-refractivity contribution >= 4 is 34.8 Å². The molecule has 0 aliphatic carbocycles. The molecule has 3 rings (SSSR count). The number of hydrogen-bond acceptors (Lipinski definition) is 2. The Morgan fingerprint density at radius 1 is 1.17 bits per heavy atom. The van der Waals surface area contributed by atoms with Crippen LogP contribution in [0.25, 0.3) is 0 Å². The van der Waals surface area contributed by atoms with Gasteiger partial charge in [0, 0.05) is 12.8 Å². The molecule has 0 saturated heterocycles. The lowest BCUT2D eigenvalue weighted by molar-refractivity contribution is -0.132. The smallest absolute Gasteiger partial charge is 0.242 e. The van der Waals surface area contributed by atoms with Crippen LogP contribution in [0.15, 0.2) is 53.6 Å². The molecule has 23 heavy (non-hydrogen) atoms. The van der Waals surface area contributed by atoms with E-state index in [1.165, 1.54) is 0 Å². The van der Waals surface area contributed by atoms with Gasteiger partial charge in [0.2, 0.25) is 5.91 Å². The van der Waals surface area contributed by atoms with Gasteiger partial charge < -0.3 is 0 Å². The van der Waals surface area contributed by atoms with E-state index in [0.29, 0.717) is 22.9 Å². The van der Waals surface area contributed by atoms with Crippen LogP contribution >= 0.6 is 23.2 Å². The Balaban J connectivity index is 1.96. The maximum absolute atomic E-state index is 12.3. The van der Waals surface area contributed by atoms with Crippen LogP contribution in [-0.4, -0.2) is 16.6 Å². The Labute approximate surface area is 145 Å². The summed E-state index contributed by atoms with van der Waals surface area (Å²) in [5.74, 6) is 0.00825. The Bertz CT molecular complexity index is 759. The topological polar surface area (TPSA) is 32.7 Å². The second-order valence-electron chi connectivity index (χ2n) is 5.40. The predicted octanol–water partition coefficient (Wildman–Crippen LogP) is 5.08. The van der Waals surface area contributed by atoms with Crippen LogP contribution in [0.3, 0.4) is 0 Å². The van der Waals surface area contributed by atoms with Gasteiger partial charge in [0.25, 0.3) is 0 Å². The molecule has 1 aliphatic heterocycles. The van der Waals surface area contributed by atoms with Crippen molar-refractivity contribution in [2.24, 2.45) is 5.10 Å². The highest BCUT2D eigenvalue weighted by Gasteiger charge is 2.32. The first-order valence-corrected chi connectivity index (χ1v) is 8.25. The van der Waals surface area contributed by atoms with Crippen molar-refractivity contribution in [3.8, 4) is 0 Å². The number of rotatable bonds is 3. The number of halogens is 2. The van der Waals surface area contributed by atoms with E-state index in [9.17, 15) is 4.79 Å². The third-order valence-corrected chi connectivity index (χ3v) is 4.64. The summed E-state index contributed by atoms with van der Waals surface area (Å²) in [6.07, 6.45) is 1.08. The van der Waals surface area contributed by atoms with E-state index >= 15 is 0 Å². The molecule has 0 unspecified atom stereocenters. The first-order valence-electron chi connectivity index (χ1n) is 7.50. The molecule has 5 heteroatoms. The van der Waals surface area contributed by atoms with Crippen LogP contribution in [0.5, 0.6) is 0 Å². The molecule has 1 amide bonds. The maximum atomic E-state index is 12.3. The van der Waals surface area contributed by atoms with Crippen molar-refractivity contribution < 1.29 is 4.79 Å². The lowest BCUT2D eigenvalue weighted by Gasteiger charge is -2.21. The van der Waals surface area contributed by atoms with Crippen LogP contribution in [0.2, 0.25) is 10.0 Å². The third-order valence-electron chi connectivity index (χ3n) is 3.91. The van der Waals surface area contributed by atoms with Gasteiger partial charge in [-0.15, -0.1) is 0 Å².